The van der Waals surface area contributed by atoms with Crippen LogP contribution in [0.5, 0.6) is 11.5 Å². The van der Waals surface area contributed by atoms with Crippen LogP contribution in [0.1, 0.15) is 25.3 Å². The summed E-state index contributed by atoms with van der Waals surface area (Å²) in [6.07, 6.45) is 1.54. The van der Waals surface area contributed by atoms with Crippen LogP contribution in [-0.2, 0) is 11.3 Å². The minimum atomic E-state index is -2.91. The number of halogens is 3. The highest BCUT2D eigenvalue weighted by Crippen LogP contribution is 2.26. The van der Waals surface area contributed by atoms with E-state index in [4.69, 9.17) is 4.74 Å². The highest BCUT2D eigenvalue weighted by molar-refractivity contribution is 5.85. The molecule has 136 valence electrons. The van der Waals surface area contributed by atoms with Crippen LogP contribution in [-0.4, -0.2) is 32.2 Å². The molecule has 1 heterocycles. The standard InChI is InChI=1S/C16H22F2N2O3.ClH/c1-10-7-11(5-6-19-10)15(21)20-9-12-8-13(22-2)3-4-14(12)23-16(17)18;/h3-4,8,10-11,16,19H,5-7,9H2,1-2H3,(H,20,21);1H/t10-,11-;/m0./s1. The van der Waals surface area contributed by atoms with Gasteiger partial charge in [-0.25, -0.2) is 0 Å². The second-order valence-electron chi connectivity index (χ2n) is 5.65. The van der Waals surface area contributed by atoms with Crippen LogP contribution in [0, 0.1) is 5.92 Å². The zero-order valence-corrected chi connectivity index (χ0v) is 14.5. The molecule has 2 rings (SSSR count). The number of alkyl halides is 2. The van der Waals surface area contributed by atoms with E-state index in [0.29, 0.717) is 17.4 Å². The molecule has 24 heavy (non-hydrogen) atoms. The predicted octanol–water partition coefficient (Wildman–Crippen LogP) is 2.72. The van der Waals surface area contributed by atoms with Crippen LogP contribution >= 0.6 is 12.4 Å². The minimum absolute atomic E-state index is 0. The predicted molar refractivity (Wildman–Crippen MR) is 88.9 cm³/mol. The third kappa shape index (κ3) is 5.79. The number of carbonyl (C=O) groups is 1. The normalized spacial score (nSPS) is 20.2. The maximum atomic E-state index is 12.5. The van der Waals surface area contributed by atoms with E-state index in [1.54, 1.807) is 6.07 Å². The maximum absolute atomic E-state index is 12.5. The van der Waals surface area contributed by atoms with Gasteiger partial charge in [0.15, 0.2) is 0 Å². The second-order valence-corrected chi connectivity index (χ2v) is 5.65. The average Bonchev–Trinajstić information content (AvgIpc) is 2.53. The summed E-state index contributed by atoms with van der Waals surface area (Å²) in [6, 6.07) is 4.84. The molecule has 0 saturated carbocycles. The molecular weight excluding hydrogens is 342 g/mol. The van der Waals surface area contributed by atoms with Gasteiger partial charge in [-0.2, -0.15) is 8.78 Å². The summed E-state index contributed by atoms with van der Waals surface area (Å²) in [5.41, 5.74) is 0.458. The van der Waals surface area contributed by atoms with Crippen molar-refractivity contribution in [3.63, 3.8) is 0 Å². The third-order valence-corrected chi connectivity index (χ3v) is 3.93. The molecule has 1 aromatic carbocycles. The van der Waals surface area contributed by atoms with E-state index in [0.717, 1.165) is 19.4 Å². The van der Waals surface area contributed by atoms with Gasteiger partial charge in [-0.3, -0.25) is 4.79 Å². The van der Waals surface area contributed by atoms with Gasteiger partial charge in [0.25, 0.3) is 0 Å². The molecule has 1 aliphatic rings. The summed E-state index contributed by atoms with van der Waals surface area (Å²) >= 11 is 0. The van der Waals surface area contributed by atoms with Crippen molar-refractivity contribution in [3.05, 3.63) is 23.8 Å². The van der Waals surface area contributed by atoms with E-state index in [1.807, 2.05) is 6.92 Å². The van der Waals surface area contributed by atoms with Gasteiger partial charge in [0.2, 0.25) is 5.91 Å². The van der Waals surface area contributed by atoms with Gasteiger partial charge in [-0.1, -0.05) is 0 Å². The number of amides is 1. The van der Waals surface area contributed by atoms with Crippen molar-refractivity contribution in [1.82, 2.24) is 10.6 Å². The lowest BCUT2D eigenvalue weighted by Crippen LogP contribution is -2.42. The monoisotopic (exact) mass is 364 g/mol. The Morgan fingerprint density at radius 3 is 2.83 bits per heavy atom. The SMILES string of the molecule is COc1ccc(OC(F)F)c(CNC(=O)[C@H]2CCN[C@@H](C)C2)c1.Cl. The van der Waals surface area contributed by atoms with Crippen molar-refractivity contribution in [2.24, 2.45) is 5.92 Å². The summed E-state index contributed by atoms with van der Waals surface area (Å²) in [6.45, 7) is 0.0491. The number of hydrogen-bond donors (Lipinski definition) is 2. The van der Waals surface area contributed by atoms with Gasteiger partial charge in [0.1, 0.15) is 11.5 Å². The molecule has 0 aromatic heterocycles. The Kier molecular flexibility index (Phi) is 8.21. The first-order valence-corrected chi connectivity index (χ1v) is 7.62. The number of nitrogens with one attached hydrogen (secondary N) is 2. The molecule has 1 amide bonds. The molecule has 1 aromatic rings. The summed E-state index contributed by atoms with van der Waals surface area (Å²) in [4.78, 5) is 12.2. The van der Waals surface area contributed by atoms with Crippen molar-refractivity contribution in [1.29, 1.82) is 0 Å². The molecule has 2 atom stereocenters. The van der Waals surface area contributed by atoms with E-state index in [-0.39, 0.29) is 36.5 Å². The number of benzene rings is 1. The molecule has 0 unspecified atom stereocenters. The molecule has 1 fully saturated rings. The minimum Gasteiger partial charge on any atom is -0.497 e. The van der Waals surface area contributed by atoms with Crippen LogP contribution in [0.25, 0.3) is 0 Å². The largest absolute Gasteiger partial charge is 0.497 e. The molecule has 0 aliphatic carbocycles. The maximum Gasteiger partial charge on any atom is 0.387 e. The Hall–Kier alpha value is -1.60. The molecular formula is C16H23ClF2N2O3. The fourth-order valence-electron chi connectivity index (χ4n) is 2.73. The number of methoxy groups -OCH3 is 1. The van der Waals surface area contributed by atoms with E-state index < -0.39 is 6.61 Å². The topological polar surface area (TPSA) is 59.6 Å². The Labute approximate surface area is 146 Å². The van der Waals surface area contributed by atoms with Gasteiger partial charge in [-0.15, -0.1) is 12.4 Å². The van der Waals surface area contributed by atoms with E-state index in [9.17, 15) is 13.6 Å². The Bertz CT molecular complexity index is 546. The van der Waals surface area contributed by atoms with Crippen molar-refractivity contribution >= 4 is 18.3 Å². The Balaban J connectivity index is 0.00000288. The molecule has 0 bridgehead atoms. The summed E-state index contributed by atoms with van der Waals surface area (Å²) in [5, 5.41) is 6.09. The van der Waals surface area contributed by atoms with Crippen molar-refractivity contribution in [2.45, 2.75) is 39.0 Å². The highest BCUT2D eigenvalue weighted by atomic mass is 35.5. The molecule has 8 heteroatoms. The number of piperidine rings is 1. The third-order valence-electron chi connectivity index (χ3n) is 3.93. The molecule has 1 aliphatic heterocycles. The number of rotatable bonds is 6. The number of ether oxygens (including phenoxy) is 2. The first kappa shape index (κ1) is 20.4. The van der Waals surface area contributed by atoms with E-state index in [1.165, 1.54) is 19.2 Å². The van der Waals surface area contributed by atoms with Gasteiger partial charge in [-0.05, 0) is 44.5 Å². The molecule has 5 nitrogen and oxygen atoms in total. The number of carbonyl (C=O) groups excluding carboxylic acids is 1. The lowest BCUT2D eigenvalue weighted by Gasteiger charge is -2.27. The van der Waals surface area contributed by atoms with Crippen molar-refractivity contribution < 1.29 is 23.0 Å². The Morgan fingerprint density at radius 2 is 2.21 bits per heavy atom. The fraction of sp³-hybridized carbons (Fsp3) is 0.562. The van der Waals surface area contributed by atoms with E-state index >= 15 is 0 Å². The van der Waals surface area contributed by atoms with Crippen LogP contribution in [0.4, 0.5) is 8.78 Å². The van der Waals surface area contributed by atoms with Gasteiger partial charge in [0, 0.05) is 24.1 Å². The first-order chi connectivity index (χ1) is 11.0. The first-order valence-electron chi connectivity index (χ1n) is 7.62. The Morgan fingerprint density at radius 1 is 1.46 bits per heavy atom. The van der Waals surface area contributed by atoms with E-state index in [2.05, 4.69) is 15.4 Å². The lowest BCUT2D eigenvalue weighted by molar-refractivity contribution is -0.126. The molecule has 0 radical (unpaired) electrons. The zero-order chi connectivity index (χ0) is 16.8. The van der Waals surface area contributed by atoms with Crippen LogP contribution in [0.3, 0.4) is 0 Å². The molecule has 1 saturated heterocycles. The van der Waals surface area contributed by atoms with Crippen molar-refractivity contribution in [3.8, 4) is 11.5 Å². The average molecular weight is 365 g/mol. The van der Waals surface area contributed by atoms with Gasteiger partial charge in [0.05, 0.1) is 7.11 Å². The lowest BCUT2D eigenvalue weighted by atomic mass is 9.92. The van der Waals surface area contributed by atoms with Crippen molar-refractivity contribution in [2.75, 3.05) is 13.7 Å². The summed E-state index contributed by atoms with van der Waals surface area (Å²) < 4.78 is 34.5. The smallest absolute Gasteiger partial charge is 0.387 e. The highest BCUT2D eigenvalue weighted by Gasteiger charge is 2.24. The van der Waals surface area contributed by atoms with Gasteiger partial charge >= 0.3 is 6.61 Å². The summed E-state index contributed by atoms with van der Waals surface area (Å²) in [7, 11) is 1.49. The zero-order valence-electron chi connectivity index (χ0n) is 13.7. The summed E-state index contributed by atoms with van der Waals surface area (Å²) in [5.74, 6) is 0.437. The number of hydrogen-bond acceptors (Lipinski definition) is 4. The molecule has 2 N–H and O–H groups in total. The van der Waals surface area contributed by atoms with Crippen LogP contribution < -0.4 is 20.1 Å². The van der Waals surface area contributed by atoms with Crippen LogP contribution in [0.15, 0.2) is 18.2 Å². The quantitative estimate of drug-likeness (QED) is 0.815. The molecule has 0 spiro atoms. The van der Waals surface area contributed by atoms with Gasteiger partial charge < -0.3 is 20.1 Å². The second kappa shape index (κ2) is 9.64. The fourth-order valence-corrected chi connectivity index (χ4v) is 2.73. The van der Waals surface area contributed by atoms with Crippen LogP contribution in [0.2, 0.25) is 0 Å².